The van der Waals surface area contributed by atoms with Crippen LogP contribution in [0.3, 0.4) is 0 Å². The Morgan fingerprint density at radius 1 is 1.07 bits per heavy atom. The van der Waals surface area contributed by atoms with E-state index in [1.807, 2.05) is 0 Å². The number of carbonyl (C=O) groups is 3. The first-order valence-electron chi connectivity index (χ1n) is 9.00. The Bertz CT molecular complexity index is 802. The van der Waals surface area contributed by atoms with Crippen molar-refractivity contribution in [1.82, 2.24) is 4.90 Å². The summed E-state index contributed by atoms with van der Waals surface area (Å²) in [6, 6.07) is 5.20. The second-order valence-electron chi connectivity index (χ2n) is 6.06. The third-order valence-corrected chi connectivity index (χ3v) is 4.28. The van der Waals surface area contributed by atoms with Crippen LogP contribution in [-0.4, -0.2) is 63.9 Å². The van der Waals surface area contributed by atoms with Crippen LogP contribution >= 0.6 is 0 Å². The average molecular weight is 407 g/mol. The first kappa shape index (κ1) is 22.2. The SMILES string of the molecule is CCOC(=O)CC(=O)N(Cc1ccc(OC)c(OC)c1)C1=C(C(=O)OC)COC1. The molecular weight excluding hydrogens is 382 g/mol. The Hall–Kier alpha value is -3.07. The molecule has 0 unspecified atom stereocenters. The molecule has 158 valence electrons. The van der Waals surface area contributed by atoms with Crippen LogP contribution in [0.4, 0.5) is 0 Å². The van der Waals surface area contributed by atoms with Crippen LogP contribution in [0.2, 0.25) is 0 Å². The van der Waals surface area contributed by atoms with E-state index in [9.17, 15) is 14.4 Å². The van der Waals surface area contributed by atoms with Gasteiger partial charge in [-0.1, -0.05) is 6.07 Å². The van der Waals surface area contributed by atoms with Crippen molar-refractivity contribution < 1.29 is 38.1 Å². The van der Waals surface area contributed by atoms with Gasteiger partial charge in [0.2, 0.25) is 5.91 Å². The second kappa shape index (κ2) is 10.5. The standard InChI is InChI=1S/C20H25NO8/c1-5-29-19(23)9-18(22)21(15-12-28-11-14(15)20(24)27-4)10-13-6-7-16(25-2)17(8-13)26-3/h6-8H,5,9-12H2,1-4H3. The smallest absolute Gasteiger partial charge is 0.337 e. The van der Waals surface area contributed by atoms with Crippen LogP contribution in [-0.2, 0) is 35.1 Å². The summed E-state index contributed by atoms with van der Waals surface area (Å²) < 4.78 is 25.6. The molecule has 9 nitrogen and oxygen atoms in total. The van der Waals surface area contributed by atoms with Gasteiger partial charge < -0.3 is 28.6 Å². The van der Waals surface area contributed by atoms with Crippen LogP contribution in [0.25, 0.3) is 0 Å². The maximum atomic E-state index is 12.9. The zero-order chi connectivity index (χ0) is 21.4. The molecule has 1 heterocycles. The molecule has 0 spiro atoms. The van der Waals surface area contributed by atoms with Crippen molar-refractivity contribution in [1.29, 1.82) is 0 Å². The third-order valence-electron chi connectivity index (χ3n) is 4.28. The van der Waals surface area contributed by atoms with Gasteiger partial charge in [0, 0.05) is 0 Å². The van der Waals surface area contributed by atoms with Gasteiger partial charge in [-0.05, 0) is 24.6 Å². The molecule has 0 aromatic heterocycles. The van der Waals surface area contributed by atoms with Gasteiger partial charge in [0.05, 0.1) is 59.0 Å². The zero-order valence-corrected chi connectivity index (χ0v) is 17.0. The minimum Gasteiger partial charge on any atom is -0.493 e. The van der Waals surface area contributed by atoms with Gasteiger partial charge in [0.15, 0.2) is 11.5 Å². The van der Waals surface area contributed by atoms with Gasteiger partial charge in [-0.25, -0.2) is 4.79 Å². The quantitative estimate of drug-likeness (QED) is 0.448. The summed E-state index contributed by atoms with van der Waals surface area (Å²) >= 11 is 0. The fourth-order valence-corrected chi connectivity index (χ4v) is 2.89. The van der Waals surface area contributed by atoms with E-state index in [0.717, 1.165) is 0 Å². The molecule has 1 aromatic carbocycles. The lowest BCUT2D eigenvalue weighted by molar-refractivity contribution is -0.148. The maximum Gasteiger partial charge on any atom is 0.337 e. The van der Waals surface area contributed by atoms with Crippen LogP contribution in [0.1, 0.15) is 18.9 Å². The van der Waals surface area contributed by atoms with Crippen molar-refractivity contribution in [3.8, 4) is 11.5 Å². The van der Waals surface area contributed by atoms with E-state index in [1.54, 1.807) is 25.1 Å². The number of nitrogens with zero attached hydrogens (tertiary/aromatic N) is 1. The molecule has 0 atom stereocenters. The molecule has 29 heavy (non-hydrogen) atoms. The Labute approximate surface area is 169 Å². The van der Waals surface area contributed by atoms with Crippen molar-refractivity contribution >= 4 is 17.8 Å². The number of rotatable bonds is 9. The number of hydrogen-bond acceptors (Lipinski definition) is 8. The molecule has 0 aliphatic carbocycles. The fraction of sp³-hybridized carbons (Fsp3) is 0.450. The molecule has 1 aliphatic rings. The molecule has 9 heteroatoms. The van der Waals surface area contributed by atoms with Crippen LogP contribution in [0.5, 0.6) is 11.5 Å². The number of hydrogen-bond donors (Lipinski definition) is 0. The predicted molar refractivity (Wildman–Crippen MR) is 101 cm³/mol. The molecule has 0 fully saturated rings. The topological polar surface area (TPSA) is 101 Å². The average Bonchev–Trinajstić information content (AvgIpc) is 3.20. The first-order chi connectivity index (χ1) is 13.9. The lowest BCUT2D eigenvalue weighted by Gasteiger charge is -2.24. The fourth-order valence-electron chi connectivity index (χ4n) is 2.89. The van der Waals surface area contributed by atoms with Gasteiger partial charge >= 0.3 is 11.9 Å². The highest BCUT2D eigenvalue weighted by Crippen LogP contribution is 2.29. The van der Waals surface area contributed by atoms with Crippen molar-refractivity contribution in [2.24, 2.45) is 0 Å². The molecule has 2 rings (SSSR count). The summed E-state index contributed by atoms with van der Waals surface area (Å²) in [7, 11) is 4.29. The van der Waals surface area contributed by atoms with Gasteiger partial charge in [0.1, 0.15) is 6.42 Å². The highest BCUT2D eigenvalue weighted by molar-refractivity contribution is 5.97. The van der Waals surface area contributed by atoms with E-state index in [4.69, 9.17) is 23.7 Å². The molecule has 0 saturated heterocycles. The zero-order valence-electron chi connectivity index (χ0n) is 17.0. The molecule has 0 radical (unpaired) electrons. The van der Waals surface area contributed by atoms with E-state index in [1.165, 1.54) is 26.2 Å². The van der Waals surface area contributed by atoms with Crippen LogP contribution in [0.15, 0.2) is 29.5 Å². The van der Waals surface area contributed by atoms with Crippen LogP contribution < -0.4 is 9.47 Å². The van der Waals surface area contributed by atoms with Gasteiger partial charge in [-0.15, -0.1) is 0 Å². The number of amides is 1. The highest BCUT2D eigenvalue weighted by Gasteiger charge is 2.31. The predicted octanol–water partition coefficient (Wildman–Crippen LogP) is 1.44. The maximum absolute atomic E-state index is 12.9. The minimum absolute atomic E-state index is 0.0249. The third kappa shape index (κ3) is 5.47. The number of carbonyl (C=O) groups excluding carboxylic acids is 3. The summed E-state index contributed by atoms with van der Waals surface area (Å²) in [4.78, 5) is 38.1. The Kier molecular flexibility index (Phi) is 8.02. The Morgan fingerprint density at radius 3 is 2.41 bits per heavy atom. The Morgan fingerprint density at radius 2 is 1.79 bits per heavy atom. The van der Waals surface area contributed by atoms with E-state index < -0.39 is 24.3 Å². The summed E-state index contributed by atoms with van der Waals surface area (Å²) in [5, 5.41) is 0. The van der Waals surface area contributed by atoms with Gasteiger partial charge in [0.25, 0.3) is 0 Å². The molecule has 0 saturated carbocycles. The van der Waals surface area contributed by atoms with Crippen molar-refractivity contribution in [2.45, 2.75) is 19.9 Å². The van der Waals surface area contributed by atoms with E-state index in [0.29, 0.717) is 22.8 Å². The summed E-state index contributed by atoms with van der Waals surface area (Å²) in [6.07, 6.45) is -0.459. The van der Waals surface area contributed by atoms with Crippen LogP contribution in [0, 0.1) is 0 Å². The number of benzene rings is 1. The highest BCUT2D eigenvalue weighted by atomic mass is 16.5. The van der Waals surface area contributed by atoms with Gasteiger partial charge in [-0.3, -0.25) is 9.59 Å². The largest absolute Gasteiger partial charge is 0.493 e. The number of esters is 2. The number of ether oxygens (including phenoxy) is 5. The first-order valence-corrected chi connectivity index (χ1v) is 9.00. The van der Waals surface area contributed by atoms with E-state index in [-0.39, 0.29) is 31.9 Å². The van der Waals surface area contributed by atoms with Crippen molar-refractivity contribution in [2.75, 3.05) is 41.2 Å². The minimum atomic E-state index is -0.644. The molecule has 0 N–H and O–H groups in total. The monoisotopic (exact) mass is 407 g/mol. The summed E-state index contributed by atoms with van der Waals surface area (Å²) in [5.41, 5.74) is 1.31. The normalized spacial score (nSPS) is 13.1. The lowest BCUT2D eigenvalue weighted by Crippen LogP contribution is -2.34. The molecule has 1 aliphatic heterocycles. The Balaban J connectivity index is 2.38. The van der Waals surface area contributed by atoms with E-state index >= 15 is 0 Å². The van der Waals surface area contributed by atoms with E-state index in [2.05, 4.69) is 0 Å². The molecule has 1 amide bonds. The number of methoxy groups -OCH3 is 3. The second-order valence-corrected chi connectivity index (χ2v) is 6.06. The summed E-state index contributed by atoms with van der Waals surface area (Å²) in [6.45, 7) is 1.99. The molecule has 1 aromatic rings. The van der Waals surface area contributed by atoms with Crippen molar-refractivity contribution in [3.05, 3.63) is 35.0 Å². The van der Waals surface area contributed by atoms with Gasteiger partial charge in [-0.2, -0.15) is 0 Å². The molecular formula is C20H25NO8. The van der Waals surface area contributed by atoms with Crippen molar-refractivity contribution in [3.63, 3.8) is 0 Å². The molecule has 0 bridgehead atoms. The lowest BCUT2D eigenvalue weighted by atomic mass is 10.1. The summed E-state index contributed by atoms with van der Waals surface area (Å²) in [5.74, 6) is -0.709.